The minimum Gasteiger partial charge on any atom is -0.421 e. The summed E-state index contributed by atoms with van der Waals surface area (Å²) < 4.78 is 5.36. The SMILES string of the molecule is Cc1nnc(-c2ccc(NC(=O)NCC(C)c3nccs3)cc2)o1. The summed E-state index contributed by atoms with van der Waals surface area (Å²) in [6, 6.07) is 6.97. The van der Waals surface area contributed by atoms with E-state index in [2.05, 4.69) is 25.8 Å². The van der Waals surface area contributed by atoms with Gasteiger partial charge >= 0.3 is 6.03 Å². The van der Waals surface area contributed by atoms with E-state index in [0.29, 0.717) is 24.0 Å². The van der Waals surface area contributed by atoms with Crippen LogP contribution in [0.1, 0.15) is 23.7 Å². The minimum absolute atomic E-state index is 0.180. The van der Waals surface area contributed by atoms with Crippen LogP contribution in [-0.4, -0.2) is 27.8 Å². The first-order chi connectivity index (χ1) is 11.6. The number of nitrogens with zero attached hydrogens (tertiary/aromatic N) is 3. The van der Waals surface area contributed by atoms with Crippen LogP contribution in [-0.2, 0) is 0 Å². The fourth-order valence-corrected chi connectivity index (χ4v) is 2.79. The number of rotatable bonds is 5. The molecule has 1 atom stereocenters. The van der Waals surface area contributed by atoms with Crippen LogP contribution in [0.2, 0.25) is 0 Å². The molecule has 2 aromatic heterocycles. The van der Waals surface area contributed by atoms with Crippen molar-refractivity contribution in [2.45, 2.75) is 19.8 Å². The molecule has 24 heavy (non-hydrogen) atoms. The van der Waals surface area contributed by atoms with Crippen molar-refractivity contribution < 1.29 is 9.21 Å². The maximum Gasteiger partial charge on any atom is 0.319 e. The molecule has 2 heterocycles. The highest BCUT2D eigenvalue weighted by Crippen LogP contribution is 2.20. The summed E-state index contributed by atoms with van der Waals surface area (Å²) in [6.07, 6.45) is 1.77. The zero-order valence-corrected chi connectivity index (χ0v) is 14.1. The molecule has 7 nitrogen and oxygen atoms in total. The normalized spacial score (nSPS) is 11.9. The van der Waals surface area contributed by atoms with Gasteiger partial charge in [-0.15, -0.1) is 21.5 Å². The highest BCUT2D eigenvalue weighted by atomic mass is 32.1. The molecule has 1 aromatic carbocycles. The zero-order valence-electron chi connectivity index (χ0n) is 13.3. The Hall–Kier alpha value is -2.74. The Morgan fingerprint density at radius 2 is 2.08 bits per heavy atom. The van der Waals surface area contributed by atoms with Crippen LogP contribution in [0.25, 0.3) is 11.5 Å². The lowest BCUT2D eigenvalue weighted by molar-refractivity contribution is 0.251. The Morgan fingerprint density at radius 3 is 2.71 bits per heavy atom. The fraction of sp³-hybridized carbons (Fsp3) is 0.250. The third-order valence-corrected chi connectivity index (χ3v) is 4.36. The lowest BCUT2D eigenvalue weighted by Crippen LogP contribution is -2.31. The van der Waals surface area contributed by atoms with E-state index in [-0.39, 0.29) is 11.9 Å². The van der Waals surface area contributed by atoms with E-state index >= 15 is 0 Å². The molecule has 2 amide bonds. The number of carbonyl (C=O) groups is 1. The molecule has 0 spiro atoms. The van der Waals surface area contributed by atoms with Gasteiger partial charge in [-0.25, -0.2) is 9.78 Å². The van der Waals surface area contributed by atoms with Crippen LogP contribution < -0.4 is 10.6 Å². The van der Waals surface area contributed by atoms with Crippen molar-refractivity contribution in [3.63, 3.8) is 0 Å². The molecule has 124 valence electrons. The van der Waals surface area contributed by atoms with Gasteiger partial charge in [-0.05, 0) is 24.3 Å². The molecule has 0 saturated carbocycles. The van der Waals surface area contributed by atoms with Gasteiger partial charge in [0.1, 0.15) is 0 Å². The van der Waals surface area contributed by atoms with Crippen LogP contribution in [0.15, 0.2) is 40.3 Å². The van der Waals surface area contributed by atoms with E-state index in [9.17, 15) is 4.79 Å². The highest BCUT2D eigenvalue weighted by Gasteiger charge is 2.10. The van der Waals surface area contributed by atoms with Crippen molar-refractivity contribution in [2.24, 2.45) is 0 Å². The van der Waals surface area contributed by atoms with Crippen molar-refractivity contribution in [3.05, 3.63) is 46.7 Å². The second-order valence-corrected chi connectivity index (χ2v) is 6.24. The lowest BCUT2D eigenvalue weighted by atomic mass is 10.2. The number of aryl methyl sites for hydroxylation is 1. The van der Waals surface area contributed by atoms with Crippen molar-refractivity contribution in [3.8, 4) is 11.5 Å². The first kappa shape index (κ1) is 16.1. The maximum absolute atomic E-state index is 12.0. The summed E-state index contributed by atoms with van der Waals surface area (Å²) in [4.78, 5) is 16.2. The fourth-order valence-electron chi connectivity index (χ4n) is 2.10. The molecule has 3 aromatic rings. The Morgan fingerprint density at radius 1 is 1.29 bits per heavy atom. The number of urea groups is 1. The van der Waals surface area contributed by atoms with Crippen LogP contribution in [0.3, 0.4) is 0 Å². The third kappa shape index (κ3) is 3.96. The lowest BCUT2D eigenvalue weighted by Gasteiger charge is -2.11. The number of hydrogen-bond donors (Lipinski definition) is 2. The van der Waals surface area contributed by atoms with E-state index in [1.54, 1.807) is 36.6 Å². The van der Waals surface area contributed by atoms with Gasteiger partial charge in [0.05, 0.1) is 5.01 Å². The molecular formula is C16H17N5O2S. The smallest absolute Gasteiger partial charge is 0.319 e. The van der Waals surface area contributed by atoms with Crippen LogP contribution >= 0.6 is 11.3 Å². The molecule has 0 aliphatic carbocycles. The molecular weight excluding hydrogens is 326 g/mol. The number of aromatic nitrogens is 3. The molecule has 0 bridgehead atoms. The Bertz CT molecular complexity index is 798. The third-order valence-electron chi connectivity index (χ3n) is 3.36. The van der Waals surface area contributed by atoms with Crippen molar-refractivity contribution in [2.75, 3.05) is 11.9 Å². The molecule has 0 fully saturated rings. The summed E-state index contributed by atoms with van der Waals surface area (Å²) in [5, 5.41) is 16.3. The molecule has 0 saturated heterocycles. The van der Waals surface area contributed by atoms with E-state index in [4.69, 9.17) is 4.42 Å². The van der Waals surface area contributed by atoms with Gasteiger partial charge in [0.25, 0.3) is 0 Å². The van der Waals surface area contributed by atoms with Gasteiger partial charge in [0, 0.05) is 42.2 Å². The van der Waals surface area contributed by atoms with Gasteiger partial charge in [0.2, 0.25) is 11.8 Å². The summed E-state index contributed by atoms with van der Waals surface area (Å²) in [7, 11) is 0. The van der Waals surface area contributed by atoms with Crippen molar-refractivity contribution in [1.82, 2.24) is 20.5 Å². The number of anilines is 1. The van der Waals surface area contributed by atoms with E-state index < -0.39 is 0 Å². The van der Waals surface area contributed by atoms with Gasteiger partial charge in [-0.1, -0.05) is 6.92 Å². The molecule has 0 aliphatic heterocycles. The number of nitrogens with one attached hydrogen (secondary N) is 2. The first-order valence-electron chi connectivity index (χ1n) is 7.46. The van der Waals surface area contributed by atoms with Crippen molar-refractivity contribution >= 4 is 23.1 Å². The molecule has 3 rings (SSSR count). The standard InChI is InChI=1S/C16H17N5O2S/c1-10(15-17-7-8-24-15)9-18-16(22)19-13-5-3-12(4-6-13)14-21-20-11(2)23-14/h3-8,10H,9H2,1-2H3,(H2,18,19,22). The van der Waals surface area contributed by atoms with Gasteiger partial charge in [0.15, 0.2) is 0 Å². The average Bonchev–Trinajstić information content (AvgIpc) is 3.25. The van der Waals surface area contributed by atoms with E-state index in [1.807, 2.05) is 24.4 Å². The Balaban J connectivity index is 1.53. The summed E-state index contributed by atoms with van der Waals surface area (Å²) in [6.45, 7) is 4.29. The minimum atomic E-state index is -0.250. The van der Waals surface area contributed by atoms with Crippen LogP contribution in [0, 0.1) is 6.92 Å². The predicted octanol–water partition coefficient (Wildman–Crippen LogP) is 3.43. The number of hydrogen-bond acceptors (Lipinski definition) is 6. The predicted molar refractivity (Wildman–Crippen MR) is 92.0 cm³/mol. The second-order valence-electron chi connectivity index (χ2n) is 5.31. The second kappa shape index (κ2) is 7.22. The number of thiazole rings is 1. The monoisotopic (exact) mass is 343 g/mol. The largest absolute Gasteiger partial charge is 0.421 e. The Kier molecular flexibility index (Phi) is 4.85. The summed E-state index contributed by atoms with van der Waals surface area (Å²) >= 11 is 1.59. The summed E-state index contributed by atoms with van der Waals surface area (Å²) in [5.74, 6) is 1.15. The van der Waals surface area contributed by atoms with Crippen LogP contribution in [0.5, 0.6) is 0 Å². The van der Waals surface area contributed by atoms with Gasteiger partial charge < -0.3 is 15.1 Å². The number of benzene rings is 1. The zero-order chi connectivity index (χ0) is 16.9. The molecule has 2 N–H and O–H groups in total. The van der Waals surface area contributed by atoms with Gasteiger partial charge in [-0.3, -0.25) is 0 Å². The first-order valence-corrected chi connectivity index (χ1v) is 8.34. The number of amides is 2. The Labute approximate surface area is 143 Å². The molecule has 1 unspecified atom stereocenters. The van der Waals surface area contributed by atoms with Crippen LogP contribution in [0.4, 0.5) is 10.5 Å². The molecule has 8 heteroatoms. The quantitative estimate of drug-likeness (QED) is 0.740. The average molecular weight is 343 g/mol. The number of carbonyl (C=O) groups excluding carboxylic acids is 1. The molecule has 0 radical (unpaired) electrons. The van der Waals surface area contributed by atoms with E-state index in [0.717, 1.165) is 10.6 Å². The highest BCUT2D eigenvalue weighted by molar-refractivity contribution is 7.09. The molecule has 0 aliphatic rings. The topological polar surface area (TPSA) is 92.9 Å². The van der Waals surface area contributed by atoms with Crippen molar-refractivity contribution in [1.29, 1.82) is 0 Å². The van der Waals surface area contributed by atoms with Gasteiger partial charge in [-0.2, -0.15) is 0 Å². The maximum atomic E-state index is 12.0. The van der Waals surface area contributed by atoms with E-state index in [1.165, 1.54) is 0 Å². The summed E-state index contributed by atoms with van der Waals surface area (Å²) in [5.41, 5.74) is 1.49.